The van der Waals surface area contributed by atoms with Crippen molar-refractivity contribution in [2.24, 2.45) is 5.92 Å². The second-order valence-corrected chi connectivity index (χ2v) is 5.78. The summed E-state index contributed by atoms with van der Waals surface area (Å²) in [5.41, 5.74) is 8.33. The first-order valence-corrected chi connectivity index (χ1v) is 7.65. The Morgan fingerprint density at radius 2 is 2.11 bits per heavy atom. The molecule has 0 bridgehead atoms. The first-order chi connectivity index (χ1) is 8.99. The Hall–Kier alpha value is -1.03. The molecule has 4 heteroatoms. The van der Waals surface area contributed by atoms with Gasteiger partial charge in [0.2, 0.25) is 5.91 Å². The lowest BCUT2D eigenvalue weighted by Crippen LogP contribution is -2.22. The molecule has 0 heterocycles. The van der Waals surface area contributed by atoms with Crippen molar-refractivity contribution in [2.75, 3.05) is 11.1 Å². The number of unbranched alkanes of at least 4 members (excludes halogenated alkanes) is 1. The Morgan fingerprint density at radius 3 is 2.68 bits per heavy atom. The zero-order chi connectivity index (χ0) is 14.4. The predicted octanol–water partition coefficient (Wildman–Crippen LogP) is 4.49. The van der Waals surface area contributed by atoms with Crippen LogP contribution in [0, 0.1) is 12.8 Å². The number of aryl methyl sites for hydroxylation is 1. The van der Waals surface area contributed by atoms with Gasteiger partial charge in [-0.1, -0.05) is 26.7 Å². The van der Waals surface area contributed by atoms with Crippen LogP contribution in [0.2, 0.25) is 0 Å². The minimum atomic E-state index is 0.0781. The summed E-state index contributed by atoms with van der Waals surface area (Å²) in [5.74, 6) is 0.161. The van der Waals surface area contributed by atoms with Gasteiger partial charge in [0.25, 0.3) is 0 Å². The third-order valence-corrected chi connectivity index (χ3v) is 4.04. The highest BCUT2D eigenvalue weighted by Gasteiger charge is 2.17. The maximum Gasteiger partial charge on any atom is 0.227 e. The van der Waals surface area contributed by atoms with Gasteiger partial charge in [-0.3, -0.25) is 4.79 Å². The number of benzene rings is 1. The largest absolute Gasteiger partial charge is 0.398 e. The summed E-state index contributed by atoms with van der Waals surface area (Å²) in [5, 5.41) is 2.97. The van der Waals surface area contributed by atoms with Crippen molar-refractivity contribution < 1.29 is 4.79 Å². The zero-order valence-electron chi connectivity index (χ0n) is 11.9. The van der Waals surface area contributed by atoms with E-state index < -0.39 is 0 Å². The van der Waals surface area contributed by atoms with E-state index in [2.05, 4.69) is 35.1 Å². The fraction of sp³-hybridized carbons (Fsp3) is 0.533. The second-order valence-electron chi connectivity index (χ2n) is 4.93. The number of carbonyl (C=O) groups excluding carboxylic acids is 1. The average molecular weight is 327 g/mol. The van der Waals surface area contributed by atoms with Crippen LogP contribution in [0.5, 0.6) is 0 Å². The molecule has 0 aliphatic rings. The quantitative estimate of drug-likeness (QED) is 0.756. The highest BCUT2D eigenvalue weighted by Crippen LogP contribution is 2.28. The van der Waals surface area contributed by atoms with Crippen LogP contribution in [0.1, 0.15) is 45.1 Å². The summed E-state index contributed by atoms with van der Waals surface area (Å²) in [6.07, 6.45) is 4.01. The molecule has 0 aliphatic carbocycles. The summed E-state index contributed by atoms with van der Waals surface area (Å²) in [4.78, 5) is 12.2. The van der Waals surface area contributed by atoms with Crippen LogP contribution in [0.4, 0.5) is 11.4 Å². The molecule has 1 amide bonds. The number of hydrogen-bond donors (Lipinski definition) is 2. The van der Waals surface area contributed by atoms with Gasteiger partial charge in [-0.2, -0.15) is 0 Å². The van der Waals surface area contributed by atoms with Crippen molar-refractivity contribution in [2.45, 2.75) is 46.5 Å². The summed E-state index contributed by atoms with van der Waals surface area (Å²) < 4.78 is 0.873. The second kappa shape index (κ2) is 7.53. The van der Waals surface area contributed by atoms with E-state index in [1.54, 1.807) is 0 Å². The SMILES string of the molecule is CCCCC(CC)C(=O)Nc1cc(N)c(C)cc1Br. The minimum absolute atomic E-state index is 0.0781. The molecule has 0 radical (unpaired) electrons. The molecular weight excluding hydrogens is 304 g/mol. The molecule has 1 atom stereocenters. The lowest BCUT2D eigenvalue weighted by Gasteiger charge is -2.16. The lowest BCUT2D eigenvalue weighted by atomic mass is 9.98. The molecule has 1 aromatic rings. The van der Waals surface area contributed by atoms with E-state index in [1.165, 1.54) is 0 Å². The van der Waals surface area contributed by atoms with Crippen LogP contribution < -0.4 is 11.1 Å². The van der Waals surface area contributed by atoms with Gasteiger partial charge in [-0.15, -0.1) is 0 Å². The molecule has 3 N–H and O–H groups in total. The Morgan fingerprint density at radius 1 is 1.42 bits per heavy atom. The summed E-state index contributed by atoms with van der Waals surface area (Å²) >= 11 is 3.46. The number of amides is 1. The summed E-state index contributed by atoms with van der Waals surface area (Å²) in [6.45, 7) is 6.14. The van der Waals surface area contributed by atoms with E-state index in [4.69, 9.17) is 5.73 Å². The van der Waals surface area contributed by atoms with Crippen molar-refractivity contribution in [1.82, 2.24) is 0 Å². The molecule has 0 aliphatic heterocycles. The molecule has 0 saturated carbocycles. The van der Waals surface area contributed by atoms with Crippen LogP contribution in [0.3, 0.4) is 0 Å². The summed E-state index contributed by atoms with van der Waals surface area (Å²) in [6, 6.07) is 3.74. The first kappa shape index (κ1) is 16.0. The zero-order valence-corrected chi connectivity index (χ0v) is 13.5. The van der Waals surface area contributed by atoms with Crippen molar-refractivity contribution in [1.29, 1.82) is 0 Å². The number of nitrogen functional groups attached to an aromatic ring is 1. The molecular formula is C15H23BrN2O. The van der Waals surface area contributed by atoms with Gasteiger partial charge in [0.15, 0.2) is 0 Å². The van der Waals surface area contributed by atoms with Crippen molar-refractivity contribution in [3.05, 3.63) is 22.2 Å². The van der Waals surface area contributed by atoms with Crippen LogP contribution in [0.15, 0.2) is 16.6 Å². The Bertz CT molecular complexity index is 446. The average Bonchev–Trinajstić information content (AvgIpc) is 2.37. The number of hydrogen-bond acceptors (Lipinski definition) is 2. The van der Waals surface area contributed by atoms with E-state index >= 15 is 0 Å². The van der Waals surface area contributed by atoms with Crippen molar-refractivity contribution in [3.63, 3.8) is 0 Å². The molecule has 0 spiro atoms. The van der Waals surface area contributed by atoms with Crippen LogP contribution >= 0.6 is 15.9 Å². The smallest absolute Gasteiger partial charge is 0.227 e. The first-order valence-electron chi connectivity index (χ1n) is 6.86. The van der Waals surface area contributed by atoms with E-state index in [1.807, 2.05) is 19.1 Å². The Balaban J connectivity index is 2.78. The van der Waals surface area contributed by atoms with Crippen molar-refractivity contribution >= 4 is 33.2 Å². The number of carbonyl (C=O) groups is 1. The van der Waals surface area contributed by atoms with Gasteiger partial charge < -0.3 is 11.1 Å². The van der Waals surface area contributed by atoms with Gasteiger partial charge >= 0.3 is 0 Å². The molecule has 3 nitrogen and oxygen atoms in total. The third-order valence-electron chi connectivity index (χ3n) is 3.38. The van der Waals surface area contributed by atoms with Crippen LogP contribution in [-0.2, 0) is 4.79 Å². The molecule has 1 unspecified atom stereocenters. The fourth-order valence-electron chi connectivity index (χ4n) is 1.99. The number of anilines is 2. The van der Waals surface area contributed by atoms with Crippen molar-refractivity contribution in [3.8, 4) is 0 Å². The topological polar surface area (TPSA) is 55.1 Å². The minimum Gasteiger partial charge on any atom is -0.398 e. The van der Waals surface area contributed by atoms with E-state index in [0.29, 0.717) is 5.69 Å². The molecule has 19 heavy (non-hydrogen) atoms. The van der Waals surface area contributed by atoms with Gasteiger partial charge in [-0.25, -0.2) is 0 Å². The molecule has 0 saturated heterocycles. The van der Waals surface area contributed by atoms with Gasteiger partial charge in [0, 0.05) is 16.1 Å². The van der Waals surface area contributed by atoms with E-state index in [0.717, 1.165) is 41.4 Å². The maximum atomic E-state index is 12.2. The summed E-state index contributed by atoms with van der Waals surface area (Å²) in [7, 11) is 0. The predicted molar refractivity (Wildman–Crippen MR) is 85.2 cm³/mol. The normalized spacial score (nSPS) is 12.2. The highest BCUT2D eigenvalue weighted by molar-refractivity contribution is 9.10. The maximum absolute atomic E-state index is 12.2. The number of halogens is 1. The molecule has 0 fully saturated rings. The molecule has 1 rings (SSSR count). The van der Waals surface area contributed by atoms with Crippen LogP contribution in [0.25, 0.3) is 0 Å². The van der Waals surface area contributed by atoms with Gasteiger partial charge in [0.05, 0.1) is 5.69 Å². The number of nitrogens with one attached hydrogen (secondary N) is 1. The Labute approximate surface area is 124 Å². The monoisotopic (exact) mass is 326 g/mol. The van der Waals surface area contributed by atoms with E-state index in [-0.39, 0.29) is 11.8 Å². The fourth-order valence-corrected chi connectivity index (χ4v) is 2.55. The standard InChI is InChI=1S/C15H23BrN2O/c1-4-6-7-11(5-2)15(19)18-14-9-13(17)10(3)8-12(14)16/h8-9,11H,4-7,17H2,1-3H3,(H,18,19). The number of nitrogens with two attached hydrogens (primary N) is 1. The molecule has 106 valence electrons. The molecule has 0 aromatic heterocycles. The van der Waals surface area contributed by atoms with Gasteiger partial charge in [-0.05, 0) is 53.4 Å². The highest BCUT2D eigenvalue weighted by atomic mass is 79.9. The Kier molecular flexibility index (Phi) is 6.35. The molecule has 1 aromatic carbocycles. The van der Waals surface area contributed by atoms with E-state index in [9.17, 15) is 4.79 Å². The van der Waals surface area contributed by atoms with Crippen LogP contribution in [-0.4, -0.2) is 5.91 Å². The number of rotatable bonds is 6. The third kappa shape index (κ3) is 4.53. The lowest BCUT2D eigenvalue weighted by molar-refractivity contribution is -0.120. The van der Waals surface area contributed by atoms with Gasteiger partial charge in [0.1, 0.15) is 0 Å².